The Morgan fingerprint density at radius 3 is 2.83 bits per heavy atom. The van der Waals surface area contributed by atoms with Crippen molar-refractivity contribution in [3.63, 3.8) is 0 Å². The van der Waals surface area contributed by atoms with E-state index in [4.69, 9.17) is 4.42 Å². The Labute approximate surface area is 152 Å². The van der Waals surface area contributed by atoms with E-state index in [-0.39, 0.29) is 5.41 Å². The fourth-order valence-corrected chi connectivity index (χ4v) is 4.35. The number of hydrogen-bond acceptors (Lipinski definition) is 7. The minimum atomic E-state index is 0.00300. The predicted molar refractivity (Wildman–Crippen MR) is 101 cm³/mol. The Bertz CT molecular complexity index is 654. The summed E-state index contributed by atoms with van der Waals surface area (Å²) in [6.45, 7) is 9.64. The Balaban J connectivity index is 1.50. The molecule has 3 heterocycles. The van der Waals surface area contributed by atoms with Crippen molar-refractivity contribution < 1.29 is 4.42 Å². The molecule has 1 aliphatic heterocycles. The Morgan fingerprint density at radius 2 is 2.17 bits per heavy atom. The smallest absolute Gasteiger partial charge is 0.204 e. The van der Waals surface area contributed by atoms with Crippen LogP contribution in [0, 0.1) is 0 Å². The summed E-state index contributed by atoms with van der Waals surface area (Å²) in [4.78, 5) is 8.87. The molecule has 3 rings (SSSR count). The van der Waals surface area contributed by atoms with Crippen LogP contribution >= 0.6 is 23.1 Å². The van der Waals surface area contributed by atoms with Crippen molar-refractivity contribution >= 4 is 28.2 Å². The zero-order valence-corrected chi connectivity index (χ0v) is 16.4. The summed E-state index contributed by atoms with van der Waals surface area (Å²) in [5, 5.41) is 8.05. The second kappa shape index (κ2) is 7.45. The Kier molecular flexibility index (Phi) is 5.52. The number of thiazole rings is 1. The first kappa shape index (κ1) is 17.8. The van der Waals surface area contributed by atoms with Gasteiger partial charge in [-0.05, 0) is 19.8 Å². The minimum absolute atomic E-state index is 0.00300. The standard InChI is InChI=1S/C17H26N4OS2/c1-11-5-6-12(7-18-11)21-16-20-9-15(24-16)23-10-14-19-8-13(22-14)17(2,3)4/h8-9,11-12,18H,5-7,10H2,1-4H3,(H,20,21)/t11-,12+/m0/s1. The molecule has 0 aromatic carbocycles. The molecule has 0 aliphatic carbocycles. The first-order chi connectivity index (χ1) is 11.4. The van der Waals surface area contributed by atoms with Gasteiger partial charge in [0.25, 0.3) is 0 Å². The van der Waals surface area contributed by atoms with Crippen LogP contribution in [0.4, 0.5) is 5.13 Å². The second-order valence-electron chi connectivity index (χ2n) is 7.37. The number of piperidine rings is 1. The van der Waals surface area contributed by atoms with E-state index in [0.717, 1.165) is 29.1 Å². The van der Waals surface area contributed by atoms with E-state index in [2.05, 4.69) is 48.3 Å². The van der Waals surface area contributed by atoms with Gasteiger partial charge >= 0.3 is 0 Å². The molecule has 1 fully saturated rings. The van der Waals surface area contributed by atoms with Crippen molar-refractivity contribution in [1.82, 2.24) is 15.3 Å². The summed E-state index contributed by atoms with van der Waals surface area (Å²) in [6.07, 6.45) is 6.18. The zero-order chi connectivity index (χ0) is 17.2. The minimum Gasteiger partial charge on any atom is -0.444 e. The van der Waals surface area contributed by atoms with Crippen molar-refractivity contribution in [1.29, 1.82) is 0 Å². The van der Waals surface area contributed by atoms with E-state index >= 15 is 0 Å². The molecule has 2 aromatic rings. The monoisotopic (exact) mass is 366 g/mol. The van der Waals surface area contributed by atoms with E-state index in [1.54, 1.807) is 23.1 Å². The summed E-state index contributed by atoms with van der Waals surface area (Å²) >= 11 is 3.43. The highest BCUT2D eigenvalue weighted by atomic mass is 32.2. The van der Waals surface area contributed by atoms with Gasteiger partial charge in [-0.25, -0.2) is 9.97 Å². The average molecular weight is 367 g/mol. The van der Waals surface area contributed by atoms with E-state index in [9.17, 15) is 0 Å². The maximum absolute atomic E-state index is 5.84. The van der Waals surface area contributed by atoms with E-state index < -0.39 is 0 Å². The molecule has 2 atom stereocenters. The molecule has 24 heavy (non-hydrogen) atoms. The third kappa shape index (κ3) is 4.74. The van der Waals surface area contributed by atoms with Gasteiger partial charge < -0.3 is 15.1 Å². The lowest BCUT2D eigenvalue weighted by Crippen LogP contribution is -2.43. The summed E-state index contributed by atoms with van der Waals surface area (Å²) in [7, 11) is 0. The lowest BCUT2D eigenvalue weighted by molar-refractivity contribution is 0.391. The molecule has 1 aliphatic rings. The molecule has 0 amide bonds. The van der Waals surface area contributed by atoms with Crippen molar-refractivity contribution in [3.05, 3.63) is 24.0 Å². The van der Waals surface area contributed by atoms with Crippen molar-refractivity contribution in [2.24, 2.45) is 0 Å². The molecule has 132 valence electrons. The van der Waals surface area contributed by atoms with E-state index in [1.807, 2.05) is 12.4 Å². The summed E-state index contributed by atoms with van der Waals surface area (Å²) in [6, 6.07) is 1.11. The third-order valence-electron chi connectivity index (χ3n) is 4.10. The van der Waals surface area contributed by atoms with Gasteiger partial charge in [-0.1, -0.05) is 32.1 Å². The molecule has 5 nitrogen and oxygen atoms in total. The maximum Gasteiger partial charge on any atom is 0.204 e. The molecule has 0 unspecified atom stereocenters. The molecule has 1 saturated heterocycles. The van der Waals surface area contributed by atoms with Crippen molar-refractivity contribution in [2.45, 2.75) is 68.0 Å². The van der Waals surface area contributed by atoms with Crippen LogP contribution in [-0.2, 0) is 11.2 Å². The van der Waals surface area contributed by atoms with Crippen LogP contribution in [-0.4, -0.2) is 28.6 Å². The maximum atomic E-state index is 5.84. The van der Waals surface area contributed by atoms with Gasteiger partial charge in [0.1, 0.15) is 5.76 Å². The largest absolute Gasteiger partial charge is 0.444 e. The molecular weight excluding hydrogens is 340 g/mol. The molecular formula is C17H26N4OS2. The van der Waals surface area contributed by atoms with E-state index in [0.29, 0.717) is 12.1 Å². The van der Waals surface area contributed by atoms with Crippen LogP contribution in [0.1, 0.15) is 52.2 Å². The number of nitrogens with one attached hydrogen (secondary N) is 2. The normalized spacial score (nSPS) is 21.8. The van der Waals surface area contributed by atoms with Gasteiger partial charge in [-0.3, -0.25) is 0 Å². The SMILES string of the molecule is C[C@H]1CC[C@@H](Nc2ncc(SCc3ncc(C(C)(C)C)o3)s2)CN1. The first-order valence-corrected chi connectivity index (χ1v) is 10.2. The highest BCUT2D eigenvalue weighted by Gasteiger charge is 2.20. The summed E-state index contributed by atoms with van der Waals surface area (Å²) in [5.41, 5.74) is 0.00300. The number of aromatic nitrogens is 2. The number of hydrogen-bond donors (Lipinski definition) is 2. The quantitative estimate of drug-likeness (QED) is 0.771. The van der Waals surface area contributed by atoms with Gasteiger partial charge in [-0.2, -0.15) is 0 Å². The van der Waals surface area contributed by atoms with Crippen LogP contribution in [0.5, 0.6) is 0 Å². The number of nitrogens with zero attached hydrogens (tertiary/aromatic N) is 2. The first-order valence-electron chi connectivity index (χ1n) is 8.44. The molecule has 0 bridgehead atoms. The molecule has 0 saturated carbocycles. The Hall–Kier alpha value is -1.05. The molecule has 0 radical (unpaired) electrons. The van der Waals surface area contributed by atoms with Crippen LogP contribution in [0.2, 0.25) is 0 Å². The average Bonchev–Trinajstić information content (AvgIpc) is 3.16. The third-order valence-corrected chi connectivity index (χ3v) is 6.21. The lowest BCUT2D eigenvalue weighted by atomic mass is 9.94. The predicted octanol–water partition coefficient (Wildman–Crippen LogP) is 4.27. The lowest BCUT2D eigenvalue weighted by Gasteiger charge is -2.28. The molecule has 0 spiro atoms. The topological polar surface area (TPSA) is 63.0 Å². The fraction of sp³-hybridized carbons (Fsp3) is 0.647. The van der Waals surface area contributed by atoms with E-state index in [1.165, 1.54) is 17.1 Å². The van der Waals surface area contributed by atoms with Crippen LogP contribution in [0.3, 0.4) is 0 Å². The van der Waals surface area contributed by atoms with Gasteiger partial charge in [0, 0.05) is 24.0 Å². The van der Waals surface area contributed by atoms with Crippen LogP contribution < -0.4 is 10.6 Å². The van der Waals surface area contributed by atoms with Gasteiger partial charge in [0.05, 0.1) is 22.4 Å². The van der Waals surface area contributed by atoms with Gasteiger partial charge in [0.2, 0.25) is 5.89 Å². The highest BCUT2D eigenvalue weighted by molar-refractivity contribution is 8.00. The second-order valence-corrected chi connectivity index (χ2v) is 9.68. The summed E-state index contributed by atoms with van der Waals surface area (Å²) < 4.78 is 7.02. The van der Waals surface area contributed by atoms with Crippen molar-refractivity contribution in [3.8, 4) is 0 Å². The number of anilines is 1. The summed E-state index contributed by atoms with van der Waals surface area (Å²) in [5.74, 6) is 2.45. The van der Waals surface area contributed by atoms with Gasteiger partial charge in [0.15, 0.2) is 5.13 Å². The zero-order valence-electron chi connectivity index (χ0n) is 14.8. The number of thioether (sulfide) groups is 1. The number of oxazole rings is 1. The van der Waals surface area contributed by atoms with Crippen LogP contribution in [0.15, 0.2) is 21.0 Å². The molecule has 2 N–H and O–H groups in total. The van der Waals surface area contributed by atoms with Crippen LogP contribution in [0.25, 0.3) is 0 Å². The number of rotatable bonds is 5. The molecule has 2 aromatic heterocycles. The fourth-order valence-electron chi connectivity index (χ4n) is 2.55. The highest BCUT2D eigenvalue weighted by Crippen LogP contribution is 2.32. The van der Waals surface area contributed by atoms with Crippen molar-refractivity contribution in [2.75, 3.05) is 11.9 Å². The Morgan fingerprint density at radius 1 is 1.33 bits per heavy atom. The van der Waals surface area contributed by atoms with Gasteiger partial charge in [-0.15, -0.1) is 11.8 Å². The molecule has 7 heteroatoms.